The molecule has 0 spiro atoms. The highest BCUT2D eigenvalue weighted by atomic mass is 35.5. The standard InChI is InChI=1S/C15H14Cl3N3O2/c16-10-1-2-13(11(17)5-10)21-15(22)14(18)12(7-20-21)19-6-9-3-4-23-8-9/h1-2,5,7,9,19H,3-4,6,8H2/t9-/m0/s1. The van der Waals surface area contributed by atoms with Crippen LogP contribution >= 0.6 is 34.8 Å². The van der Waals surface area contributed by atoms with Crippen LogP contribution in [-0.4, -0.2) is 29.5 Å². The average Bonchev–Trinajstić information content (AvgIpc) is 3.03. The van der Waals surface area contributed by atoms with Gasteiger partial charge in [-0.25, -0.2) is 0 Å². The summed E-state index contributed by atoms with van der Waals surface area (Å²) < 4.78 is 6.48. The first-order valence-electron chi connectivity index (χ1n) is 7.11. The minimum atomic E-state index is -0.441. The average molecular weight is 375 g/mol. The molecular formula is C15H14Cl3N3O2. The molecule has 0 bridgehead atoms. The van der Waals surface area contributed by atoms with Gasteiger partial charge < -0.3 is 10.1 Å². The molecule has 3 rings (SSSR count). The molecule has 2 heterocycles. The molecular weight excluding hydrogens is 361 g/mol. The first-order chi connectivity index (χ1) is 11.1. The number of rotatable bonds is 4. The molecule has 1 aromatic carbocycles. The number of nitrogens with zero attached hydrogens (tertiary/aromatic N) is 2. The van der Waals surface area contributed by atoms with E-state index in [1.54, 1.807) is 18.2 Å². The Morgan fingerprint density at radius 2 is 2.17 bits per heavy atom. The summed E-state index contributed by atoms with van der Waals surface area (Å²) in [7, 11) is 0. The molecule has 0 unspecified atom stereocenters. The van der Waals surface area contributed by atoms with E-state index in [0.717, 1.165) is 24.3 Å². The Hall–Kier alpha value is -1.27. The van der Waals surface area contributed by atoms with Gasteiger partial charge in [-0.3, -0.25) is 4.79 Å². The molecule has 8 heteroatoms. The van der Waals surface area contributed by atoms with Crippen molar-refractivity contribution in [3.63, 3.8) is 0 Å². The van der Waals surface area contributed by atoms with Crippen molar-refractivity contribution >= 4 is 40.5 Å². The van der Waals surface area contributed by atoms with Crippen LogP contribution in [0.1, 0.15) is 6.42 Å². The molecule has 122 valence electrons. The number of hydrogen-bond donors (Lipinski definition) is 1. The van der Waals surface area contributed by atoms with Gasteiger partial charge >= 0.3 is 0 Å². The van der Waals surface area contributed by atoms with E-state index in [-0.39, 0.29) is 5.02 Å². The number of aromatic nitrogens is 2. The molecule has 0 amide bonds. The fourth-order valence-corrected chi connectivity index (χ4v) is 3.06. The fraction of sp³-hybridized carbons (Fsp3) is 0.333. The van der Waals surface area contributed by atoms with Crippen molar-refractivity contribution in [2.75, 3.05) is 25.1 Å². The summed E-state index contributed by atoms with van der Waals surface area (Å²) in [4.78, 5) is 12.4. The van der Waals surface area contributed by atoms with Crippen LogP contribution in [0.25, 0.3) is 5.69 Å². The van der Waals surface area contributed by atoms with Gasteiger partial charge in [-0.15, -0.1) is 0 Å². The Balaban J connectivity index is 1.86. The Labute approximate surface area is 148 Å². The van der Waals surface area contributed by atoms with Gasteiger partial charge in [0.2, 0.25) is 0 Å². The van der Waals surface area contributed by atoms with Crippen molar-refractivity contribution in [2.45, 2.75) is 6.42 Å². The monoisotopic (exact) mass is 373 g/mol. The minimum absolute atomic E-state index is 0.0740. The van der Waals surface area contributed by atoms with Crippen LogP contribution in [0.15, 0.2) is 29.2 Å². The molecule has 0 radical (unpaired) electrons. The summed E-state index contributed by atoms with van der Waals surface area (Å²) in [6.07, 6.45) is 2.51. The maximum absolute atomic E-state index is 12.4. The van der Waals surface area contributed by atoms with Crippen LogP contribution in [0.3, 0.4) is 0 Å². The molecule has 1 saturated heterocycles. The van der Waals surface area contributed by atoms with Gasteiger partial charge in [0.15, 0.2) is 0 Å². The first kappa shape index (κ1) is 16.6. The van der Waals surface area contributed by atoms with Crippen molar-refractivity contribution in [3.8, 4) is 5.69 Å². The van der Waals surface area contributed by atoms with E-state index < -0.39 is 5.56 Å². The lowest BCUT2D eigenvalue weighted by atomic mass is 10.1. The topological polar surface area (TPSA) is 56.1 Å². The molecule has 1 atom stereocenters. The van der Waals surface area contributed by atoms with E-state index >= 15 is 0 Å². The van der Waals surface area contributed by atoms with Crippen molar-refractivity contribution in [1.29, 1.82) is 0 Å². The second-order valence-corrected chi connectivity index (χ2v) is 6.52. The van der Waals surface area contributed by atoms with Crippen LogP contribution in [-0.2, 0) is 4.74 Å². The number of halogens is 3. The van der Waals surface area contributed by atoms with Crippen molar-refractivity contribution in [3.05, 3.63) is 49.8 Å². The molecule has 1 aliphatic heterocycles. The SMILES string of the molecule is O=c1c(Cl)c(NC[C@@H]2CCOC2)cnn1-c1ccc(Cl)cc1Cl. The number of hydrogen-bond acceptors (Lipinski definition) is 4. The predicted octanol–water partition coefficient (Wildman–Crippen LogP) is 3.64. The zero-order valence-corrected chi connectivity index (χ0v) is 14.3. The van der Waals surface area contributed by atoms with Crippen LogP contribution in [0.5, 0.6) is 0 Å². The summed E-state index contributed by atoms with van der Waals surface area (Å²) in [6, 6.07) is 4.81. The molecule has 1 aromatic heterocycles. The lowest BCUT2D eigenvalue weighted by molar-refractivity contribution is 0.187. The zero-order valence-electron chi connectivity index (χ0n) is 12.1. The number of nitrogens with one attached hydrogen (secondary N) is 1. The smallest absolute Gasteiger partial charge is 0.292 e. The van der Waals surface area contributed by atoms with Crippen LogP contribution in [0.4, 0.5) is 5.69 Å². The van der Waals surface area contributed by atoms with E-state index in [4.69, 9.17) is 39.5 Å². The van der Waals surface area contributed by atoms with Crippen LogP contribution in [0.2, 0.25) is 15.1 Å². The Kier molecular flexibility index (Phi) is 5.11. The minimum Gasteiger partial charge on any atom is -0.382 e. The largest absolute Gasteiger partial charge is 0.382 e. The summed E-state index contributed by atoms with van der Waals surface area (Å²) in [6.45, 7) is 2.18. The van der Waals surface area contributed by atoms with Crippen LogP contribution in [0, 0.1) is 5.92 Å². The fourth-order valence-electron chi connectivity index (χ4n) is 2.38. The van der Waals surface area contributed by atoms with Gasteiger partial charge in [-0.2, -0.15) is 9.78 Å². The lowest BCUT2D eigenvalue weighted by Crippen LogP contribution is -2.24. The summed E-state index contributed by atoms with van der Waals surface area (Å²) >= 11 is 18.2. The van der Waals surface area contributed by atoms with E-state index in [1.807, 2.05) is 0 Å². The van der Waals surface area contributed by atoms with Gasteiger partial charge in [-0.1, -0.05) is 34.8 Å². The zero-order chi connectivity index (χ0) is 16.4. The van der Waals surface area contributed by atoms with Crippen molar-refractivity contribution < 1.29 is 4.74 Å². The molecule has 0 aliphatic carbocycles. The summed E-state index contributed by atoms with van der Waals surface area (Å²) in [5.74, 6) is 0.416. The number of benzene rings is 1. The molecule has 2 aromatic rings. The van der Waals surface area contributed by atoms with E-state index in [9.17, 15) is 4.79 Å². The summed E-state index contributed by atoms with van der Waals surface area (Å²) in [5.41, 5.74) is 0.493. The molecule has 1 N–H and O–H groups in total. The second kappa shape index (κ2) is 7.09. The Morgan fingerprint density at radius 3 is 2.87 bits per heavy atom. The highest BCUT2D eigenvalue weighted by molar-refractivity contribution is 6.36. The Morgan fingerprint density at radius 1 is 1.35 bits per heavy atom. The van der Waals surface area contributed by atoms with Crippen LogP contribution < -0.4 is 10.9 Å². The first-order valence-corrected chi connectivity index (χ1v) is 8.24. The summed E-state index contributed by atoms with van der Waals surface area (Å²) in [5, 5.41) is 8.18. The van der Waals surface area contributed by atoms with Gasteiger partial charge in [0.05, 0.1) is 29.2 Å². The third kappa shape index (κ3) is 3.63. The molecule has 0 saturated carbocycles. The van der Waals surface area contributed by atoms with Gasteiger partial charge in [0.1, 0.15) is 5.02 Å². The number of ether oxygens (including phenoxy) is 1. The predicted molar refractivity (Wildman–Crippen MR) is 92.3 cm³/mol. The van der Waals surface area contributed by atoms with Crippen molar-refractivity contribution in [1.82, 2.24) is 9.78 Å². The molecule has 5 nitrogen and oxygen atoms in total. The second-order valence-electron chi connectivity index (χ2n) is 5.30. The maximum Gasteiger partial charge on any atom is 0.292 e. The van der Waals surface area contributed by atoms with E-state index in [1.165, 1.54) is 6.20 Å². The van der Waals surface area contributed by atoms with E-state index in [0.29, 0.717) is 33.9 Å². The third-order valence-corrected chi connectivity index (χ3v) is 4.57. The molecule has 1 fully saturated rings. The highest BCUT2D eigenvalue weighted by Crippen LogP contribution is 2.24. The van der Waals surface area contributed by atoms with Gasteiger partial charge in [0, 0.05) is 24.1 Å². The third-order valence-electron chi connectivity index (χ3n) is 3.66. The van der Waals surface area contributed by atoms with Gasteiger partial charge in [0.25, 0.3) is 5.56 Å². The van der Waals surface area contributed by atoms with Crippen molar-refractivity contribution in [2.24, 2.45) is 5.92 Å². The lowest BCUT2D eigenvalue weighted by Gasteiger charge is -2.13. The van der Waals surface area contributed by atoms with E-state index in [2.05, 4.69) is 10.4 Å². The normalized spacial score (nSPS) is 17.4. The Bertz CT molecular complexity index is 773. The highest BCUT2D eigenvalue weighted by Gasteiger charge is 2.17. The van der Waals surface area contributed by atoms with Gasteiger partial charge in [-0.05, 0) is 24.6 Å². The maximum atomic E-state index is 12.4. The molecule has 1 aliphatic rings. The molecule has 23 heavy (non-hydrogen) atoms. The number of anilines is 1. The quantitative estimate of drug-likeness (QED) is 0.887.